The zero-order chi connectivity index (χ0) is 27.1. The summed E-state index contributed by atoms with van der Waals surface area (Å²) < 4.78 is 6.47. The Labute approximate surface area is 233 Å². The second kappa shape index (κ2) is 13.5. The standard InChI is InChI=1S/C37H50O/c1-7-27(8-2)25-38-37-29(10-4)23-35(24-30(37)11-5)34-20-21-36(28(9-3)22-34)33-18-16-32(17-19-33)31-14-12-26(6)13-15-31/h16-24,26-27,31H,7-15,25H2,1-6H3. The predicted octanol–water partition coefficient (Wildman–Crippen LogP) is 10.8. The molecule has 38 heavy (non-hydrogen) atoms. The van der Waals surface area contributed by atoms with E-state index in [-0.39, 0.29) is 0 Å². The molecule has 1 saturated carbocycles. The van der Waals surface area contributed by atoms with E-state index in [0.717, 1.165) is 43.5 Å². The van der Waals surface area contributed by atoms with Gasteiger partial charge in [-0.05, 0) is 106 Å². The molecule has 0 bridgehead atoms. The van der Waals surface area contributed by atoms with Gasteiger partial charge < -0.3 is 4.74 Å². The Morgan fingerprint density at radius 1 is 0.658 bits per heavy atom. The summed E-state index contributed by atoms with van der Waals surface area (Å²) in [6.07, 6.45) is 10.8. The summed E-state index contributed by atoms with van der Waals surface area (Å²) >= 11 is 0. The fourth-order valence-electron chi connectivity index (χ4n) is 6.23. The Morgan fingerprint density at radius 3 is 1.76 bits per heavy atom. The smallest absolute Gasteiger partial charge is 0.125 e. The maximum atomic E-state index is 6.47. The lowest BCUT2D eigenvalue weighted by Gasteiger charge is -2.26. The molecule has 3 aromatic carbocycles. The molecule has 0 heterocycles. The molecule has 1 fully saturated rings. The lowest BCUT2D eigenvalue weighted by molar-refractivity contribution is 0.237. The molecule has 0 radical (unpaired) electrons. The molecular formula is C37H50O. The summed E-state index contributed by atoms with van der Waals surface area (Å²) in [5, 5.41) is 0. The second-order valence-corrected chi connectivity index (χ2v) is 11.6. The minimum Gasteiger partial charge on any atom is -0.493 e. The molecule has 0 amide bonds. The summed E-state index contributed by atoms with van der Waals surface area (Å²) in [6, 6.07) is 21.3. The lowest BCUT2D eigenvalue weighted by Crippen LogP contribution is -2.12. The average molecular weight is 511 g/mol. The van der Waals surface area contributed by atoms with Gasteiger partial charge >= 0.3 is 0 Å². The SMILES string of the molecule is CCc1cc(-c2cc(CC)c(OCC(CC)CC)c(CC)c2)ccc1-c1ccc(C2CCC(C)CC2)cc1. The van der Waals surface area contributed by atoms with Gasteiger partial charge in [0.05, 0.1) is 6.61 Å². The maximum Gasteiger partial charge on any atom is 0.125 e. The number of aryl methyl sites for hydroxylation is 3. The summed E-state index contributed by atoms with van der Waals surface area (Å²) in [4.78, 5) is 0. The van der Waals surface area contributed by atoms with Gasteiger partial charge in [-0.1, -0.05) is 110 Å². The van der Waals surface area contributed by atoms with Gasteiger partial charge in [0.1, 0.15) is 5.75 Å². The minimum atomic E-state index is 0.629. The predicted molar refractivity (Wildman–Crippen MR) is 165 cm³/mol. The molecule has 1 aliphatic rings. The number of rotatable bonds is 11. The first-order chi connectivity index (χ1) is 18.5. The Morgan fingerprint density at radius 2 is 1.21 bits per heavy atom. The zero-order valence-electron chi connectivity index (χ0n) is 24.9. The highest BCUT2D eigenvalue weighted by Gasteiger charge is 2.20. The van der Waals surface area contributed by atoms with Crippen LogP contribution in [0.3, 0.4) is 0 Å². The highest BCUT2D eigenvalue weighted by molar-refractivity contribution is 5.75. The van der Waals surface area contributed by atoms with Gasteiger partial charge in [0.2, 0.25) is 0 Å². The monoisotopic (exact) mass is 510 g/mol. The average Bonchev–Trinajstić information content (AvgIpc) is 2.97. The Kier molecular flexibility index (Phi) is 10.1. The molecule has 0 unspecified atom stereocenters. The van der Waals surface area contributed by atoms with Gasteiger partial charge in [-0.25, -0.2) is 0 Å². The van der Waals surface area contributed by atoms with Gasteiger partial charge in [-0.2, -0.15) is 0 Å². The maximum absolute atomic E-state index is 6.47. The van der Waals surface area contributed by atoms with Crippen LogP contribution >= 0.6 is 0 Å². The van der Waals surface area contributed by atoms with E-state index in [1.54, 1.807) is 0 Å². The summed E-state index contributed by atoms with van der Waals surface area (Å²) in [5.41, 5.74) is 11.0. The second-order valence-electron chi connectivity index (χ2n) is 11.6. The Bertz CT molecular complexity index is 1130. The van der Waals surface area contributed by atoms with Gasteiger partial charge in [-0.15, -0.1) is 0 Å². The van der Waals surface area contributed by atoms with Crippen LogP contribution in [0.25, 0.3) is 22.3 Å². The third kappa shape index (κ3) is 6.53. The van der Waals surface area contributed by atoms with E-state index in [1.165, 1.54) is 83.0 Å². The van der Waals surface area contributed by atoms with Gasteiger partial charge in [0, 0.05) is 0 Å². The third-order valence-corrected chi connectivity index (χ3v) is 9.15. The van der Waals surface area contributed by atoms with E-state index >= 15 is 0 Å². The van der Waals surface area contributed by atoms with Gasteiger partial charge in [-0.3, -0.25) is 0 Å². The first-order valence-electron chi connectivity index (χ1n) is 15.5. The lowest BCUT2D eigenvalue weighted by atomic mass is 9.79. The van der Waals surface area contributed by atoms with Crippen molar-refractivity contribution in [2.45, 2.75) is 105 Å². The summed E-state index contributed by atoms with van der Waals surface area (Å²) in [5.74, 6) is 3.40. The van der Waals surface area contributed by atoms with E-state index < -0.39 is 0 Å². The van der Waals surface area contributed by atoms with Crippen LogP contribution in [0.1, 0.15) is 108 Å². The highest BCUT2D eigenvalue weighted by Crippen LogP contribution is 2.38. The molecule has 0 atom stereocenters. The van der Waals surface area contributed by atoms with Crippen LogP contribution < -0.4 is 4.74 Å². The number of hydrogen-bond acceptors (Lipinski definition) is 1. The number of hydrogen-bond donors (Lipinski definition) is 0. The van der Waals surface area contributed by atoms with Crippen LogP contribution in [-0.4, -0.2) is 6.61 Å². The van der Waals surface area contributed by atoms with E-state index in [0.29, 0.717) is 5.92 Å². The Balaban J connectivity index is 1.60. The van der Waals surface area contributed by atoms with Crippen molar-refractivity contribution in [1.29, 1.82) is 0 Å². The van der Waals surface area contributed by atoms with Crippen molar-refractivity contribution < 1.29 is 4.74 Å². The molecule has 0 spiro atoms. The number of benzene rings is 3. The topological polar surface area (TPSA) is 9.23 Å². The quantitative estimate of drug-likeness (QED) is 0.249. The molecule has 0 aliphatic heterocycles. The fraction of sp³-hybridized carbons (Fsp3) is 0.514. The van der Waals surface area contributed by atoms with E-state index in [4.69, 9.17) is 4.74 Å². The van der Waals surface area contributed by atoms with Crippen molar-refractivity contribution in [2.24, 2.45) is 11.8 Å². The van der Waals surface area contributed by atoms with Crippen molar-refractivity contribution in [3.63, 3.8) is 0 Å². The van der Waals surface area contributed by atoms with E-state index in [1.807, 2.05) is 0 Å². The van der Waals surface area contributed by atoms with Crippen LogP contribution in [0.2, 0.25) is 0 Å². The third-order valence-electron chi connectivity index (χ3n) is 9.15. The molecule has 1 aliphatic carbocycles. The Hall–Kier alpha value is -2.54. The molecule has 4 rings (SSSR count). The van der Waals surface area contributed by atoms with Crippen LogP contribution in [0.5, 0.6) is 5.75 Å². The molecule has 3 aromatic rings. The first-order valence-corrected chi connectivity index (χ1v) is 15.5. The highest BCUT2D eigenvalue weighted by atomic mass is 16.5. The van der Waals surface area contributed by atoms with Gasteiger partial charge in [0.15, 0.2) is 0 Å². The van der Waals surface area contributed by atoms with Crippen LogP contribution in [0.15, 0.2) is 54.6 Å². The molecule has 0 aromatic heterocycles. The van der Waals surface area contributed by atoms with Gasteiger partial charge in [0.25, 0.3) is 0 Å². The van der Waals surface area contributed by atoms with Crippen molar-refractivity contribution >= 4 is 0 Å². The summed E-state index contributed by atoms with van der Waals surface area (Å²) in [6.45, 7) is 14.5. The first kappa shape index (κ1) is 28.5. The molecule has 0 saturated heterocycles. The van der Waals surface area contributed by atoms with Crippen molar-refractivity contribution in [3.05, 3.63) is 76.9 Å². The molecule has 204 valence electrons. The molecule has 0 N–H and O–H groups in total. The van der Waals surface area contributed by atoms with Crippen molar-refractivity contribution in [2.75, 3.05) is 6.61 Å². The minimum absolute atomic E-state index is 0.629. The number of ether oxygens (including phenoxy) is 1. The van der Waals surface area contributed by atoms with E-state index in [2.05, 4.69) is 96.1 Å². The molecule has 1 heteroatoms. The largest absolute Gasteiger partial charge is 0.493 e. The van der Waals surface area contributed by atoms with Crippen LogP contribution in [-0.2, 0) is 19.3 Å². The molecular weight excluding hydrogens is 460 g/mol. The molecule has 1 nitrogen and oxygen atoms in total. The van der Waals surface area contributed by atoms with E-state index in [9.17, 15) is 0 Å². The summed E-state index contributed by atoms with van der Waals surface area (Å²) in [7, 11) is 0. The fourth-order valence-corrected chi connectivity index (χ4v) is 6.23. The van der Waals surface area contributed by atoms with Crippen molar-refractivity contribution in [1.82, 2.24) is 0 Å². The van der Waals surface area contributed by atoms with Crippen LogP contribution in [0.4, 0.5) is 0 Å². The normalized spacial score (nSPS) is 17.7. The zero-order valence-corrected chi connectivity index (χ0v) is 24.9. The van der Waals surface area contributed by atoms with Crippen molar-refractivity contribution in [3.8, 4) is 28.0 Å². The van der Waals surface area contributed by atoms with Crippen LogP contribution in [0, 0.1) is 11.8 Å².